The Morgan fingerprint density at radius 2 is 2.11 bits per heavy atom. The summed E-state index contributed by atoms with van der Waals surface area (Å²) in [7, 11) is 0. The SMILES string of the molecule is C\C=C/N=C1/C=C(CNC2=CNCC=C2N2CCNCC2)C=C/C1=C\CC. The molecule has 27 heavy (non-hydrogen) atoms. The molecule has 1 saturated heterocycles. The van der Waals surface area contributed by atoms with Crippen LogP contribution >= 0.6 is 0 Å². The third kappa shape index (κ3) is 5.23. The van der Waals surface area contributed by atoms with Crippen molar-refractivity contribution < 1.29 is 0 Å². The fourth-order valence-electron chi connectivity index (χ4n) is 3.40. The number of allylic oxidation sites excluding steroid dienone is 5. The van der Waals surface area contributed by atoms with Crippen molar-refractivity contribution in [1.82, 2.24) is 20.9 Å². The number of aliphatic imine (C=N–C) groups is 1. The topological polar surface area (TPSA) is 51.7 Å². The van der Waals surface area contributed by atoms with Gasteiger partial charge in [0.15, 0.2) is 0 Å². The average molecular weight is 366 g/mol. The minimum Gasteiger partial charge on any atom is -0.386 e. The second-order valence-electron chi connectivity index (χ2n) is 6.76. The van der Waals surface area contributed by atoms with Gasteiger partial charge in [0.2, 0.25) is 0 Å². The highest BCUT2D eigenvalue weighted by Crippen LogP contribution is 2.18. The van der Waals surface area contributed by atoms with E-state index in [0.29, 0.717) is 0 Å². The van der Waals surface area contributed by atoms with Crippen LogP contribution in [0.5, 0.6) is 0 Å². The van der Waals surface area contributed by atoms with Crippen LogP contribution in [-0.4, -0.2) is 49.9 Å². The van der Waals surface area contributed by atoms with E-state index in [9.17, 15) is 0 Å². The van der Waals surface area contributed by atoms with Gasteiger partial charge >= 0.3 is 0 Å². The van der Waals surface area contributed by atoms with E-state index in [4.69, 9.17) is 0 Å². The van der Waals surface area contributed by atoms with E-state index in [2.05, 4.69) is 69.3 Å². The summed E-state index contributed by atoms with van der Waals surface area (Å²) in [5.74, 6) is 0. The molecule has 5 heteroatoms. The van der Waals surface area contributed by atoms with E-state index in [0.717, 1.165) is 51.4 Å². The van der Waals surface area contributed by atoms with Crippen LogP contribution in [0.2, 0.25) is 0 Å². The normalized spacial score (nSPS) is 23.3. The third-order valence-corrected chi connectivity index (χ3v) is 4.76. The fourth-order valence-corrected chi connectivity index (χ4v) is 3.40. The fraction of sp³-hybridized carbons (Fsp3) is 0.409. The zero-order valence-electron chi connectivity index (χ0n) is 16.5. The molecule has 5 nitrogen and oxygen atoms in total. The van der Waals surface area contributed by atoms with Crippen LogP contribution in [0, 0.1) is 0 Å². The summed E-state index contributed by atoms with van der Waals surface area (Å²) in [5.41, 5.74) is 5.93. The second-order valence-corrected chi connectivity index (χ2v) is 6.76. The Balaban J connectivity index is 1.68. The number of hydrogen-bond acceptors (Lipinski definition) is 5. The Labute approximate surface area is 163 Å². The number of dihydropyridines is 1. The molecule has 0 amide bonds. The molecule has 0 atom stereocenters. The molecule has 2 heterocycles. The van der Waals surface area contributed by atoms with E-state index >= 15 is 0 Å². The molecule has 1 aliphatic carbocycles. The maximum atomic E-state index is 4.59. The Kier molecular flexibility index (Phi) is 7.11. The molecular formula is C22H31N5. The lowest BCUT2D eigenvalue weighted by atomic mass is 9.99. The molecule has 144 valence electrons. The van der Waals surface area contributed by atoms with Gasteiger partial charge in [-0.15, -0.1) is 0 Å². The Morgan fingerprint density at radius 3 is 2.89 bits per heavy atom. The van der Waals surface area contributed by atoms with Crippen LogP contribution in [0.1, 0.15) is 20.3 Å². The molecule has 0 spiro atoms. The van der Waals surface area contributed by atoms with Gasteiger partial charge < -0.3 is 20.9 Å². The molecule has 0 bridgehead atoms. The molecule has 1 fully saturated rings. The minimum absolute atomic E-state index is 0.779. The lowest BCUT2D eigenvalue weighted by molar-refractivity contribution is 0.299. The lowest BCUT2D eigenvalue weighted by Crippen LogP contribution is -2.45. The van der Waals surface area contributed by atoms with Crippen molar-refractivity contribution in [3.8, 4) is 0 Å². The number of rotatable bonds is 6. The summed E-state index contributed by atoms with van der Waals surface area (Å²) in [5, 5.41) is 10.4. The first-order chi connectivity index (χ1) is 13.3. The van der Waals surface area contributed by atoms with E-state index in [1.807, 2.05) is 19.2 Å². The van der Waals surface area contributed by atoms with Gasteiger partial charge in [-0.3, -0.25) is 4.99 Å². The average Bonchev–Trinajstić information content (AvgIpc) is 2.73. The predicted octanol–water partition coefficient (Wildman–Crippen LogP) is 2.62. The summed E-state index contributed by atoms with van der Waals surface area (Å²) in [6.07, 6.45) is 18.0. The van der Waals surface area contributed by atoms with Crippen LogP contribution in [-0.2, 0) is 0 Å². The zero-order chi connectivity index (χ0) is 18.9. The number of piperazine rings is 1. The standard InChI is InChI=1S/C22H31N5/c1-3-5-19-7-6-18(15-20(19)25-9-4-2)16-26-21-17-24-10-8-22(21)27-13-11-23-12-14-27/h4-9,15,17,23-24,26H,3,10-14,16H2,1-2H3/b9-4-,19-5+,25-20-. The first-order valence-electron chi connectivity index (χ1n) is 9.93. The van der Waals surface area contributed by atoms with Crippen molar-refractivity contribution in [2.45, 2.75) is 20.3 Å². The number of hydrogen-bond donors (Lipinski definition) is 3. The first kappa shape index (κ1) is 19.2. The Morgan fingerprint density at radius 1 is 1.26 bits per heavy atom. The number of nitrogens with zero attached hydrogens (tertiary/aromatic N) is 2. The Hall–Kier alpha value is -2.53. The molecule has 3 aliphatic rings. The van der Waals surface area contributed by atoms with Crippen molar-refractivity contribution in [2.24, 2.45) is 4.99 Å². The highest BCUT2D eigenvalue weighted by Gasteiger charge is 2.18. The summed E-state index contributed by atoms with van der Waals surface area (Å²) in [6.45, 7) is 10.0. The highest BCUT2D eigenvalue weighted by molar-refractivity contribution is 6.12. The molecule has 0 saturated carbocycles. The molecule has 0 aromatic rings. The van der Waals surface area contributed by atoms with Gasteiger partial charge in [-0.05, 0) is 36.6 Å². The maximum Gasteiger partial charge on any atom is 0.0737 e. The predicted molar refractivity (Wildman–Crippen MR) is 114 cm³/mol. The zero-order valence-corrected chi connectivity index (χ0v) is 16.5. The summed E-state index contributed by atoms with van der Waals surface area (Å²) >= 11 is 0. The first-order valence-corrected chi connectivity index (χ1v) is 9.93. The van der Waals surface area contributed by atoms with Gasteiger partial charge in [-0.25, -0.2) is 0 Å². The third-order valence-electron chi connectivity index (χ3n) is 4.76. The quantitative estimate of drug-likeness (QED) is 0.677. The van der Waals surface area contributed by atoms with Gasteiger partial charge in [0.1, 0.15) is 0 Å². The van der Waals surface area contributed by atoms with Gasteiger partial charge in [-0.1, -0.05) is 31.2 Å². The second kappa shape index (κ2) is 9.97. The molecule has 0 radical (unpaired) electrons. The van der Waals surface area contributed by atoms with E-state index < -0.39 is 0 Å². The smallest absolute Gasteiger partial charge is 0.0737 e. The van der Waals surface area contributed by atoms with Crippen LogP contribution in [0.3, 0.4) is 0 Å². The number of nitrogens with one attached hydrogen (secondary N) is 3. The maximum absolute atomic E-state index is 4.59. The molecule has 0 aromatic heterocycles. The van der Waals surface area contributed by atoms with Crippen LogP contribution < -0.4 is 16.0 Å². The van der Waals surface area contributed by atoms with E-state index in [-0.39, 0.29) is 0 Å². The monoisotopic (exact) mass is 365 g/mol. The van der Waals surface area contributed by atoms with Gasteiger partial charge in [0, 0.05) is 51.7 Å². The Bertz CT molecular complexity index is 728. The summed E-state index contributed by atoms with van der Waals surface area (Å²) < 4.78 is 0. The molecule has 2 aliphatic heterocycles. The van der Waals surface area contributed by atoms with Crippen molar-refractivity contribution in [1.29, 1.82) is 0 Å². The largest absolute Gasteiger partial charge is 0.386 e. The van der Waals surface area contributed by atoms with Gasteiger partial charge in [-0.2, -0.15) is 0 Å². The van der Waals surface area contributed by atoms with Crippen molar-refractivity contribution in [3.05, 3.63) is 71.4 Å². The van der Waals surface area contributed by atoms with E-state index in [1.165, 1.54) is 22.5 Å². The van der Waals surface area contributed by atoms with Crippen molar-refractivity contribution >= 4 is 5.71 Å². The molecular weight excluding hydrogens is 334 g/mol. The van der Waals surface area contributed by atoms with Gasteiger partial charge in [0.05, 0.1) is 17.1 Å². The highest BCUT2D eigenvalue weighted by atomic mass is 15.2. The van der Waals surface area contributed by atoms with E-state index in [1.54, 1.807) is 0 Å². The molecule has 0 unspecified atom stereocenters. The molecule has 3 N–H and O–H groups in total. The summed E-state index contributed by atoms with van der Waals surface area (Å²) in [4.78, 5) is 7.05. The minimum atomic E-state index is 0.779. The van der Waals surface area contributed by atoms with Crippen LogP contribution in [0.15, 0.2) is 76.4 Å². The molecule has 0 aromatic carbocycles. The van der Waals surface area contributed by atoms with Gasteiger partial charge in [0.25, 0.3) is 0 Å². The lowest BCUT2D eigenvalue weighted by Gasteiger charge is -2.34. The van der Waals surface area contributed by atoms with Crippen molar-refractivity contribution in [2.75, 3.05) is 39.3 Å². The van der Waals surface area contributed by atoms with Crippen molar-refractivity contribution in [3.63, 3.8) is 0 Å². The molecule has 3 rings (SSSR count). The summed E-state index contributed by atoms with van der Waals surface area (Å²) in [6, 6.07) is 0. The van der Waals surface area contributed by atoms with Crippen LogP contribution in [0.25, 0.3) is 0 Å². The van der Waals surface area contributed by atoms with Crippen LogP contribution in [0.4, 0.5) is 0 Å².